The Morgan fingerprint density at radius 1 is 1.00 bits per heavy atom. The summed E-state index contributed by atoms with van der Waals surface area (Å²) in [6, 6.07) is 10.7. The first kappa shape index (κ1) is 19.3. The van der Waals surface area contributed by atoms with Gasteiger partial charge in [-0.25, -0.2) is 13.7 Å². The summed E-state index contributed by atoms with van der Waals surface area (Å²) in [6.45, 7) is 0.991. The molecule has 0 radical (unpaired) electrons. The summed E-state index contributed by atoms with van der Waals surface area (Å²) in [4.78, 5) is 29.4. The van der Waals surface area contributed by atoms with Crippen LogP contribution in [-0.2, 0) is 9.59 Å². The second-order valence-corrected chi connectivity index (χ2v) is 7.29. The number of benzene rings is 2. The fraction of sp³-hybridized carbons (Fsp3) is 0.273. The van der Waals surface area contributed by atoms with Crippen LogP contribution >= 0.6 is 0 Å². The van der Waals surface area contributed by atoms with E-state index in [0.29, 0.717) is 18.7 Å². The lowest BCUT2D eigenvalue weighted by Crippen LogP contribution is -2.40. The first-order valence-electron chi connectivity index (χ1n) is 9.50. The Kier molecular flexibility index (Phi) is 5.15. The van der Waals surface area contributed by atoms with Gasteiger partial charge in [-0.1, -0.05) is 18.2 Å². The van der Waals surface area contributed by atoms with Crippen molar-refractivity contribution in [2.45, 2.75) is 12.8 Å². The van der Waals surface area contributed by atoms with Crippen LogP contribution in [0.15, 0.2) is 54.2 Å². The number of nitrogens with zero attached hydrogens (tertiary/aromatic N) is 2. The van der Waals surface area contributed by atoms with Gasteiger partial charge < -0.3 is 10.0 Å². The zero-order valence-electron chi connectivity index (χ0n) is 15.6. The van der Waals surface area contributed by atoms with Crippen molar-refractivity contribution >= 4 is 23.1 Å². The molecule has 5 nitrogen and oxygen atoms in total. The van der Waals surface area contributed by atoms with Crippen LogP contribution < -0.4 is 4.90 Å². The molecule has 1 unspecified atom stereocenters. The molecule has 1 atom stereocenters. The van der Waals surface area contributed by atoms with Gasteiger partial charge in [0.1, 0.15) is 17.3 Å². The predicted molar refractivity (Wildman–Crippen MR) is 104 cm³/mol. The fourth-order valence-corrected chi connectivity index (χ4v) is 3.96. The minimum absolute atomic E-state index is 0.00293. The van der Waals surface area contributed by atoms with Gasteiger partial charge in [-0.2, -0.15) is 0 Å². The molecule has 4 rings (SSSR count). The molecular formula is C22H20F2N2O3. The van der Waals surface area contributed by atoms with Gasteiger partial charge in [0.25, 0.3) is 11.8 Å². The van der Waals surface area contributed by atoms with Gasteiger partial charge >= 0.3 is 0 Å². The molecule has 0 spiro atoms. The van der Waals surface area contributed by atoms with Crippen molar-refractivity contribution < 1.29 is 23.5 Å². The van der Waals surface area contributed by atoms with Gasteiger partial charge in [0.2, 0.25) is 0 Å². The lowest BCUT2D eigenvalue weighted by Gasteiger charge is -2.34. The topological polar surface area (TPSA) is 60.9 Å². The summed E-state index contributed by atoms with van der Waals surface area (Å²) in [5.74, 6) is -2.13. The molecule has 2 aromatic carbocycles. The lowest BCUT2D eigenvalue weighted by molar-refractivity contribution is -0.120. The van der Waals surface area contributed by atoms with E-state index in [-0.39, 0.29) is 29.5 Å². The number of hydrogen-bond donors (Lipinski definition) is 1. The molecule has 0 saturated carbocycles. The molecule has 1 N–H and O–H groups in total. The highest BCUT2D eigenvalue weighted by Gasteiger charge is 2.43. The van der Waals surface area contributed by atoms with Crippen molar-refractivity contribution in [2.75, 3.05) is 24.6 Å². The van der Waals surface area contributed by atoms with E-state index in [0.717, 1.165) is 23.8 Å². The number of rotatable bonds is 4. The average Bonchev–Trinajstić information content (AvgIpc) is 2.99. The van der Waals surface area contributed by atoms with Crippen molar-refractivity contribution in [3.63, 3.8) is 0 Å². The normalized spacial score (nSPS) is 20.0. The van der Waals surface area contributed by atoms with E-state index in [4.69, 9.17) is 0 Å². The Bertz CT molecular complexity index is 988. The second-order valence-electron chi connectivity index (χ2n) is 7.29. The highest BCUT2D eigenvalue weighted by Crippen LogP contribution is 2.36. The Morgan fingerprint density at radius 3 is 2.45 bits per heavy atom. The summed E-state index contributed by atoms with van der Waals surface area (Å²) >= 11 is 0. The summed E-state index contributed by atoms with van der Waals surface area (Å²) in [5.41, 5.74) is 0.942. The predicted octanol–water partition coefficient (Wildman–Crippen LogP) is 2.95. The summed E-state index contributed by atoms with van der Waals surface area (Å²) < 4.78 is 27.2. The van der Waals surface area contributed by atoms with Gasteiger partial charge in [0, 0.05) is 19.7 Å². The van der Waals surface area contributed by atoms with Crippen LogP contribution in [0.25, 0.3) is 5.57 Å². The molecule has 150 valence electrons. The molecule has 2 aliphatic rings. The summed E-state index contributed by atoms with van der Waals surface area (Å²) in [7, 11) is 0. The second kappa shape index (κ2) is 7.75. The number of amides is 2. The maximum Gasteiger partial charge on any atom is 0.282 e. The van der Waals surface area contributed by atoms with Crippen LogP contribution in [0.1, 0.15) is 18.4 Å². The highest BCUT2D eigenvalue weighted by atomic mass is 19.1. The molecule has 2 aliphatic heterocycles. The molecule has 0 aromatic heterocycles. The van der Waals surface area contributed by atoms with Crippen molar-refractivity contribution in [3.05, 3.63) is 71.4 Å². The number of aliphatic hydroxyl groups excluding tert-OH is 1. The van der Waals surface area contributed by atoms with Crippen molar-refractivity contribution in [2.24, 2.45) is 5.92 Å². The fourth-order valence-electron chi connectivity index (χ4n) is 3.96. The molecule has 29 heavy (non-hydrogen) atoms. The third-order valence-corrected chi connectivity index (χ3v) is 5.35. The van der Waals surface area contributed by atoms with Crippen molar-refractivity contribution in [1.82, 2.24) is 4.90 Å². The number of piperidine rings is 1. The number of halogens is 2. The molecule has 0 aliphatic carbocycles. The Balaban J connectivity index is 1.82. The maximum atomic E-state index is 13.7. The quantitative estimate of drug-likeness (QED) is 0.805. The zero-order chi connectivity index (χ0) is 20.5. The molecular weight excluding hydrogens is 378 g/mol. The minimum Gasteiger partial charge on any atom is -0.396 e. The first-order valence-corrected chi connectivity index (χ1v) is 9.50. The number of hydrogen-bond acceptors (Lipinski definition) is 4. The van der Waals surface area contributed by atoms with Crippen LogP contribution in [0.2, 0.25) is 0 Å². The van der Waals surface area contributed by atoms with Crippen molar-refractivity contribution in [3.8, 4) is 0 Å². The van der Waals surface area contributed by atoms with E-state index in [9.17, 15) is 23.5 Å². The monoisotopic (exact) mass is 398 g/mol. The Morgan fingerprint density at radius 2 is 1.76 bits per heavy atom. The smallest absolute Gasteiger partial charge is 0.282 e. The molecule has 2 heterocycles. The zero-order valence-corrected chi connectivity index (χ0v) is 15.6. The standard InChI is InChI=1S/C22H20F2N2O3/c23-16-8-6-15(7-9-16)19-20(25-10-2-3-14(12-25)13-27)22(29)26(21(19)28)18-5-1-4-17(24)11-18/h1,4-9,11,14,27H,2-3,10,12-13H2. The molecule has 2 amide bonds. The third kappa shape index (κ3) is 3.53. The number of imide groups is 1. The van der Waals surface area contributed by atoms with Gasteiger partial charge in [-0.15, -0.1) is 0 Å². The van der Waals surface area contributed by atoms with Crippen LogP contribution in [0.3, 0.4) is 0 Å². The van der Waals surface area contributed by atoms with Gasteiger partial charge in [-0.3, -0.25) is 9.59 Å². The number of carbonyl (C=O) groups excluding carboxylic acids is 2. The lowest BCUT2D eigenvalue weighted by atomic mass is 9.97. The molecule has 7 heteroatoms. The Labute approximate surface area is 166 Å². The molecule has 2 aromatic rings. The number of carbonyl (C=O) groups is 2. The van der Waals surface area contributed by atoms with Crippen LogP contribution in [0.5, 0.6) is 0 Å². The number of anilines is 1. The molecule has 0 bridgehead atoms. The van der Waals surface area contributed by atoms with E-state index >= 15 is 0 Å². The van der Waals surface area contributed by atoms with Crippen LogP contribution in [0.4, 0.5) is 14.5 Å². The van der Waals surface area contributed by atoms with E-state index in [1.54, 1.807) is 0 Å². The van der Waals surface area contributed by atoms with E-state index in [1.807, 2.05) is 4.90 Å². The molecule has 1 fully saturated rings. The van der Waals surface area contributed by atoms with Gasteiger partial charge in [0.15, 0.2) is 0 Å². The van der Waals surface area contributed by atoms with Gasteiger partial charge in [-0.05, 0) is 54.7 Å². The van der Waals surface area contributed by atoms with Crippen LogP contribution in [-0.4, -0.2) is 41.5 Å². The van der Waals surface area contributed by atoms with E-state index in [1.165, 1.54) is 42.5 Å². The highest BCUT2D eigenvalue weighted by molar-refractivity contribution is 6.45. The summed E-state index contributed by atoms with van der Waals surface area (Å²) in [6.07, 6.45) is 1.61. The van der Waals surface area contributed by atoms with E-state index < -0.39 is 23.4 Å². The minimum atomic E-state index is -0.576. The van der Waals surface area contributed by atoms with Gasteiger partial charge in [0.05, 0.1) is 11.3 Å². The van der Waals surface area contributed by atoms with E-state index in [2.05, 4.69) is 0 Å². The average molecular weight is 398 g/mol. The number of aliphatic hydroxyl groups is 1. The Hall–Kier alpha value is -3.06. The van der Waals surface area contributed by atoms with Crippen LogP contribution in [0, 0.1) is 17.6 Å². The number of likely N-dealkylation sites (tertiary alicyclic amines) is 1. The third-order valence-electron chi connectivity index (χ3n) is 5.35. The largest absolute Gasteiger partial charge is 0.396 e. The summed E-state index contributed by atoms with van der Waals surface area (Å²) in [5, 5.41) is 9.56. The first-order chi connectivity index (χ1) is 14.0. The van der Waals surface area contributed by atoms with Crippen molar-refractivity contribution in [1.29, 1.82) is 0 Å². The SMILES string of the molecule is O=C1C(c2ccc(F)cc2)=C(N2CCCC(CO)C2)C(=O)N1c1cccc(F)c1. The maximum absolute atomic E-state index is 13.7. The molecule has 1 saturated heterocycles.